The van der Waals surface area contributed by atoms with Crippen molar-refractivity contribution in [3.8, 4) is 11.8 Å². The molecule has 52 heavy (non-hydrogen) atoms. The number of likely N-dealkylation sites (N-methyl/N-ethyl adjacent to an activating group) is 1. The van der Waals surface area contributed by atoms with Gasteiger partial charge in [0.1, 0.15) is 30.5 Å². The minimum atomic E-state index is -1.39. The summed E-state index contributed by atoms with van der Waals surface area (Å²) in [5.74, 6) is 0.835. The smallest absolute Gasteiger partial charge is 0.408 e. The second-order valence-corrected chi connectivity index (χ2v) is 15.2. The Bertz CT molecular complexity index is 1500. The third-order valence-electron chi connectivity index (χ3n) is 10.9. The molecule has 3 saturated heterocycles. The highest BCUT2D eigenvalue weighted by atomic mass is 16.7. The van der Waals surface area contributed by atoms with Crippen LogP contribution in [0.3, 0.4) is 0 Å². The fourth-order valence-corrected chi connectivity index (χ4v) is 7.95. The number of carbonyl (C=O) groups excluding carboxylic acids is 4. The molecule has 0 aromatic carbocycles. The molecule has 4 rings (SSSR count). The zero-order chi connectivity index (χ0) is 38.5. The normalized spacial score (nSPS) is 39.0. The molecule has 3 fully saturated rings. The van der Waals surface area contributed by atoms with Gasteiger partial charge in [-0.25, -0.2) is 4.79 Å². The summed E-state index contributed by atoms with van der Waals surface area (Å²) in [6.45, 7) is 13.5. The van der Waals surface area contributed by atoms with Gasteiger partial charge in [0.25, 0.3) is 0 Å². The molecule has 0 unspecified atom stereocenters. The second-order valence-electron chi connectivity index (χ2n) is 15.2. The number of hydrogen-bond donors (Lipinski definition) is 2. The van der Waals surface area contributed by atoms with E-state index in [9.17, 15) is 24.3 Å². The van der Waals surface area contributed by atoms with E-state index >= 15 is 0 Å². The molecule has 3 aliphatic heterocycles. The fraction of sp³-hybridized carbons (Fsp3) is 0.737. The number of aromatic nitrogens is 2. The van der Waals surface area contributed by atoms with Gasteiger partial charge >= 0.3 is 12.1 Å². The second kappa shape index (κ2) is 17.1. The van der Waals surface area contributed by atoms with Crippen LogP contribution in [0.5, 0.6) is 0 Å². The SMILES string of the molecule is CC[C@H]1OC(=O)[C@H](C)C(=O)[C@H](C)[C@@H](O[C@@H]2O[C@H](C)C[C@H](N(C)C)[C@H]2O)[C@](C)(OCC#CCc2cnccn2)C[C@@H](C)C(=O)[C@H](C)[C@H]2NC(=O)O[C@@]21C. The third kappa shape index (κ3) is 8.99. The summed E-state index contributed by atoms with van der Waals surface area (Å²) in [5.41, 5.74) is -2.09. The number of ketones is 2. The van der Waals surface area contributed by atoms with Gasteiger partial charge in [0, 0.05) is 42.4 Å². The van der Waals surface area contributed by atoms with E-state index in [0.29, 0.717) is 18.5 Å². The van der Waals surface area contributed by atoms with Crippen LogP contribution in [-0.2, 0) is 44.5 Å². The summed E-state index contributed by atoms with van der Waals surface area (Å²) in [7, 11) is 3.72. The highest BCUT2D eigenvalue weighted by Crippen LogP contribution is 2.40. The summed E-state index contributed by atoms with van der Waals surface area (Å²) in [5, 5.41) is 14.3. The van der Waals surface area contributed by atoms with E-state index in [2.05, 4.69) is 27.1 Å². The molecule has 0 radical (unpaired) electrons. The molecule has 2 N–H and O–H groups in total. The molecule has 3 aliphatic rings. The van der Waals surface area contributed by atoms with Gasteiger partial charge in [0.2, 0.25) is 0 Å². The number of esters is 1. The first-order valence-electron chi connectivity index (χ1n) is 18.2. The van der Waals surface area contributed by atoms with Crippen molar-refractivity contribution in [2.45, 2.75) is 135 Å². The minimum absolute atomic E-state index is 0.0635. The standard InChI is InChI=1S/C38H56N4O10/c1-11-28-38(8)32(41-36(47)52-38)23(4)29(43)21(2)19-37(7,48-17-13-12-14-26-20-39-15-16-40-26)33(24(5)30(44)25(6)34(46)50-28)51-35-31(45)27(42(9)10)18-22(3)49-35/h15-16,20-25,27-28,31-33,35,45H,11,14,17-19H2,1-10H3,(H,41,47)/t21-,22-,23+,24+,25-,27+,28-,31-,32-,33-,35+,37-,38-/m1/s1. The molecule has 288 valence electrons. The van der Waals surface area contributed by atoms with E-state index in [0.717, 1.165) is 0 Å². The Morgan fingerprint density at radius 1 is 1.04 bits per heavy atom. The number of aliphatic hydroxyl groups is 1. The lowest BCUT2D eigenvalue weighted by molar-refractivity contribution is -0.296. The number of amides is 1. The van der Waals surface area contributed by atoms with E-state index in [4.69, 9.17) is 23.7 Å². The number of ether oxygens (including phenoxy) is 5. The van der Waals surface area contributed by atoms with Crippen LogP contribution in [0.15, 0.2) is 18.6 Å². The first-order chi connectivity index (χ1) is 24.4. The summed E-state index contributed by atoms with van der Waals surface area (Å²) in [4.78, 5) is 65.2. The zero-order valence-corrected chi connectivity index (χ0v) is 32.1. The molecule has 1 aromatic rings. The highest BCUT2D eigenvalue weighted by molar-refractivity contribution is 6.00. The maximum absolute atomic E-state index is 14.3. The number of alkyl carbamates (subject to hydrolysis) is 1. The Balaban J connectivity index is 1.78. The number of carbonyl (C=O) groups is 4. The quantitative estimate of drug-likeness (QED) is 0.238. The van der Waals surface area contributed by atoms with Gasteiger partial charge in [0.05, 0.1) is 36.0 Å². The lowest BCUT2D eigenvalue weighted by atomic mass is 9.73. The zero-order valence-electron chi connectivity index (χ0n) is 32.1. The van der Waals surface area contributed by atoms with Crippen LogP contribution in [0.2, 0.25) is 0 Å². The van der Waals surface area contributed by atoms with Crippen molar-refractivity contribution in [3.05, 3.63) is 24.3 Å². The molecule has 1 amide bonds. The average molecular weight is 729 g/mol. The Kier molecular flexibility index (Phi) is 13.6. The van der Waals surface area contributed by atoms with Crippen LogP contribution in [0.4, 0.5) is 4.79 Å². The van der Waals surface area contributed by atoms with Crippen LogP contribution in [-0.4, -0.2) is 118 Å². The molecule has 14 heteroatoms. The van der Waals surface area contributed by atoms with Crippen LogP contribution >= 0.6 is 0 Å². The molecule has 4 heterocycles. The lowest BCUT2D eigenvalue weighted by Crippen LogP contribution is -2.60. The summed E-state index contributed by atoms with van der Waals surface area (Å²) in [6.07, 6.45) is 0.640. The van der Waals surface area contributed by atoms with Gasteiger partial charge in [0.15, 0.2) is 17.7 Å². The van der Waals surface area contributed by atoms with Crippen LogP contribution in [0, 0.1) is 35.5 Å². The predicted molar refractivity (Wildman–Crippen MR) is 188 cm³/mol. The minimum Gasteiger partial charge on any atom is -0.458 e. The van der Waals surface area contributed by atoms with Crippen LogP contribution in [0.25, 0.3) is 0 Å². The Labute approximate surface area is 307 Å². The van der Waals surface area contributed by atoms with Crippen molar-refractivity contribution in [3.63, 3.8) is 0 Å². The topological polar surface area (TPSA) is 176 Å². The molecule has 0 aliphatic carbocycles. The Morgan fingerprint density at radius 2 is 1.75 bits per heavy atom. The number of Topliss-reactive ketones (excluding diaryl/α,β-unsaturated/α-hetero) is 2. The summed E-state index contributed by atoms with van der Waals surface area (Å²) >= 11 is 0. The van der Waals surface area contributed by atoms with E-state index in [1.54, 1.807) is 60.1 Å². The van der Waals surface area contributed by atoms with E-state index in [1.165, 1.54) is 6.92 Å². The Hall–Kier alpha value is -3.48. The van der Waals surface area contributed by atoms with Crippen molar-refractivity contribution in [1.82, 2.24) is 20.2 Å². The molecular weight excluding hydrogens is 672 g/mol. The molecule has 0 bridgehead atoms. The molecule has 0 spiro atoms. The summed E-state index contributed by atoms with van der Waals surface area (Å²) < 4.78 is 31.0. The largest absolute Gasteiger partial charge is 0.458 e. The van der Waals surface area contributed by atoms with Gasteiger partial charge in [-0.1, -0.05) is 39.5 Å². The van der Waals surface area contributed by atoms with Crippen molar-refractivity contribution in [2.24, 2.45) is 23.7 Å². The number of hydrogen-bond acceptors (Lipinski definition) is 13. The maximum atomic E-state index is 14.3. The van der Waals surface area contributed by atoms with E-state index in [1.807, 2.05) is 25.9 Å². The number of aliphatic hydroxyl groups excluding tert-OH is 1. The van der Waals surface area contributed by atoms with Gasteiger partial charge in [-0.05, 0) is 61.1 Å². The Morgan fingerprint density at radius 3 is 2.38 bits per heavy atom. The number of nitrogens with one attached hydrogen (secondary N) is 1. The van der Waals surface area contributed by atoms with Crippen LogP contribution in [0.1, 0.15) is 80.3 Å². The monoisotopic (exact) mass is 728 g/mol. The molecule has 0 saturated carbocycles. The van der Waals surface area contributed by atoms with Crippen molar-refractivity contribution in [1.29, 1.82) is 0 Å². The van der Waals surface area contributed by atoms with Gasteiger partial charge in [-0.3, -0.25) is 24.4 Å². The maximum Gasteiger partial charge on any atom is 0.408 e. The number of nitrogens with zero attached hydrogens (tertiary/aromatic N) is 3. The molecule has 13 atom stereocenters. The highest BCUT2D eigenvalue weighted by Gasteiger charge is 2.57. The number of fused-ring (bicyclic) bond motifs is 1. The fourth-order valence-electron chi connectivity index (χ4n) is 7.95. The molecule has 14 nitrogen and oxygen atoms in total. The van der Waals surface area contributed by atoms with Gasteiger partial charge in [-0.2, -0.15) is 0 Å². The van der Waals surface area contributed by atoms with Crippen LogP contribution < -0.4 is 5.32 Å². The van der Waals surface area contributed by atoms with Crippen molar-refractivity contribution >= 4 is 23.6 Å². The van der Waals surface area contributed by atoms with E-state index < -0.39 is 83.4 Å². The molecule has 1 aromatic heterocycles. The predicted octanol–water partition coefficient (Wildman–Crippen LogP) is 2.88. The summed E-state index contributed by atoms with van der Waals surface area (Å²) in [6, 6.07) is -1.14. The van der Waals surface area contributed by atoms with Crippen molar-refractivity contribution < 1.29 is 48.0 Å². The number of cyclic esters (lactones) is 1. The average Bonchev–Trinajstić information content (AvgIpc) is 3.42. The van der Waals surface area contributed by atoms with E-state index in [-0.39, 0.29) is 37.4 Å². The first-order valence-corrected chi connectivity index (χ1v) is 18.2. The lowest BCUT2D eigenvalue weighted by Gasteiger charge is -2.47. The third-order valence-corrected chi connectivity index (χ3v) is 10.9. The van der Waals surface area contributed by atoms with Gasteiger partial charge < -0.3 is 39.0 Å². The first kappa shape index (κ1) is 41.3. The number of rotatable bonds is 7. The van der Waals surface area contributed by atoms with Gasteiger partial charge in [-0.15, -0.1) is 0 Å². The van der Waals surface area contributed by atoms with Crippen molar-refractivity contribution in [2.75, 3.05) is 20.7 Å². The molecular formula is C38H56N4O10.